The summed E-state index contributed by atoms with van der Waals surface area (Å²) in [5.41, 5.74) is 0.216. The number of esters is 1. The molecule has 1 fully saturated rings. The molecule has 0 spiro atoms. The van der Waals surface area contributed by atoms with Crippen molar-refractivity contribution in [3.8, 4) is 0 Å². The van der Waals surface area contributed by atoms with Gasteiger partial charge in [0.25, 0.3) is 0 Å². The number of amides is 2. The summed E-state index contributed by atoms with van der Waals surface area (Å²) in [7, 11) is 0. The zero-order chi connectivity index (χ0) is 26.0. The van der Waals surface area contributed by atoms with Gasteiger partial charge in [-0.25, -0.2) is 4.79 Å². The standard InChI is InChI=1S/C25H35Cl2N3O5/c1-5-12-34-22(31)7-6-20-9-11-30(16-17-13-18(26)15-19(27)14-17)23(32)21(29-20)8-10-28-24(33)35-25(2,3)4/h5,13-15,20-21,29H,1,6-12,16H2,2-4H3,(H,28,33)/t20-,21+/m1/s1. The number of carbonyl (C=O) groups is 3. The number of halogens is 2. The summed E-state index contributed by atoms with van der Waals surface area (Å²) in [6.45, 7) is 10.2. The molecule has 1 aliphatic rings. The fourth-order valence-electron chi connectivity index (χ4n) is 3.74. The molecule has 2 amide bonds. The summed E-state index contributed by atoms with van der Waals surface area (Å²) in [6.07, 6.45) is 2.76. The SMILES string of the molecule is C=CCOC(=O)CC[C@@H]1CCN(Cc2cc(Cl)cc(Cl)c2)C(=O)[C@H](CCNC(=O)OC(C)(C)C)N1. The highest BCUT2D eigenvalue weighted by Crippen LogP contribution is 2.22. The van der Waals surface area contributed by atoms with Crippen LogP contribution in [0.2, 0.25) is 10.0 Å². The summed E-state index contributed by atoms with van der Waals surface area (Å²) in [4.78, 5) is 39.1. The van der Waals surface area contributed by atoms with Crippen molar-refractivity contribution in [3.63, 3.8) is 0 Å². The third-order valence-corrected chi connectivity index (χ3v) is 5.69. The van der Waals surface area contributed by atoms with Gasteiger partial charge in [-0.2, -0.15) is 0 Å². The smallest absolute Gasteiger partial charge is 0.407 e. The van der Waals surface area contributed by atoms with E-state index in [1.165, 1.54) is 6.08 Å². The minimum absolute atomic E-state index is 0.0743. The number of nitrogens with zero attached hydrogens (tertiary/aromatic N) is 1. The van der Waals surface area contributed by atoms with Crippen LogP contribution in [0.25, 0.3) is 0 Å². The van der Waals surface area contributed by atoms with Gasteiger partial charge in [0.2, 0.25) is 5.91 Å². The largest absolute Gasteiger partial charge is 0.461 e. The number of benzene rings is 1. The van der Waals surface area contributed by atoms with Gasteiger partial charge in [-0.3, -0.25) is 9.59 Å². The van der Waals surface area contributed by atoms with Gasteiger partial charge in [0.1, 0.15) is 12.2 Å². The van der Waals surface area contributed by atoms with Gasteiger partial charge < -0.3 is 25.0 Å². The summed E-state index contributed by atoms with van der Waals surface area (Å²) >= 11 is 12.3. The number of nitrogens with one attached hydrogen (secondary N) is 2. The van der Waals surface area contributed by atoms with Crippen molar-refractivity contribution in [2.24, 2.45) is 0 Å². The highest BCUT2D eigenvalue weighted by molar-refractivity contribution is 6.34. The predicted molar refractivity (Wildman–Crippen MR) is 136 cm³/mol. The van der Waals surface area contributed by atoms with Crippen LogP contribution in [-0.2, 0) is 25.6 Å². The molecule has 194 valence electrons. The summed E-state index contributed by atoms with van der Waals surface area (Å²) in [5.74, 6) is -0.403. The first-order valence-electron chi connectivity index (χ1n) is 11.7. The highest BCUT2D eigenvalue weighted by Gasteiger charge is 2.31. The Hall–Kier alpha value is -2.29. The molecule has 1 aliphatic heterocycles. The van der Waals surface area contributed by atoms with Crippen LogP contribution in [0.1, 0.15) is 52.0 Å². The van der Waals surface area contributed by atoms with Crippen LogP contribution in [0.4, 0.5) is 4.79 Å². The number of carbonyl (C=O) groups excluding carboxylic acids is 3. The average molecular weight is 528 g/mol. The number of ether oxygens (including phenoxy) is 2. The molecule has 8 nitrogen and oxygen atoms in total. The van der Waals surface area contributed by atoms with Crippen molar-refractivity contribution in [1.29, 1.82) is 0 Å². The van der Waals surface area contributed by atoms with E-state index in [0.29, 0.717) is 42.4 Å². The molecule has 2 rings (SSSR count). The minimum atomic E-state index is -0.610. The van der Waals surface area contributed by atoms with Crippen LogP contribution in [0.3, 0.4) is 0 Å². The summed E-state index contributed by atoms with van der Waals surface area (Å²) in [5, 5.41) is 7.08. The number of hydrogen-bond donors (Lipinski definition) is 2. The van der Waals surface area contributed by atoms with Gasteiger partial charge in [0, 0.05) is 42.1 Å². The molecule has 0 saturated carbocycles. The molecule has 0 bridgehead atoms. The van der Waals surface area contributed by atoms with E-state index in [1.807, 2.05) is 0 Å². The Morgan fingerprint density at radius 3 is 2.54 bits per heavy atom. The van der Waals surface area contributed by atoms with E-state index in [9.17, 15) is 14.4 Å². The molecule has 35 heavy (non-hydrogen) atoms. The van der Waals surface area contributed by atoms with E-state index < -0.39 is 17.7 Å². The van der Waals surface area contributed by atoms with Crippen molar-refractivity contribution in [3.05, 3.63) is 46.5 Å². The Bertz CT molecular complexity index is 883. The van der Waals surface area contributed by atoms with Crippen molar-refractivity contribution in [1.82, 2.24) is 15.5 Å². The lowest BCUT2D eigenvalue weighted by atomic mass is 10.1. The van der Waals surface area contributed by atoms with Gasteiger partial charge in [0.05, 0.1) is 6.04 Å². The highest BCUT2D eigenvalue weighted by atomic mass is 35.5. The molecule has 1 aromatic rings. The number of hydrogen-bond acceptors (Lipinski definition) is 6. The Labute approximate surface area is 217 Å². The van der Waals surface area contributed by atoms with Crippen molar-refractivity contribution in [2.45, 2.75) is 70.7 Å². The third-order valence-electron chi connectivity index (χ3n) is 5.25. The molecule has 10 heteroatoms. The fraction of sp³-hybridized carbons (Fsp3) is 0.560. The quantitative estimate of drug-likeness (QED) is 0.344. The molecular weight excluding hydrogens is 493 g/mol. The average Bonchev–Trinajstić information content (AvgIpc) is 2.88. The zero-order valence-corrected chi connectivity index (χ0v) is 22.1. The van der Waals surface area contributed by atoms with Crippen LogP contribution in [0.5, 0.6) is 0 Å². The van der Waals surface area contributed by atoms with Gasteiger partial charge in [-0.1, -0.05) is 35.9 Å². The van der Waals surface area contributed by atoms with Crippen LogP contribution in [0.15, 0.2) is 30.9 Å². The first-order valence-corrected chi connectivity index (χ1v) is 12.5. The van der Waals surface area contributed by atoms with Crippen molar-refractivity contribution < 1.29 is 23.9 Å². The van der Waals surface area contributed by atoms with Crippen LogP contribution >= 0.6 is 23.2 Å². The van der Waals surface area contributed by atoms with E-state index in [-0.39, 0.29) is 37.5 Å². The van der Waals surface area contributed by atoms with Crippen molar-refractivity contribution in [2.75, 3.05) is 19.7 Å². The van der Waals surface area contributed by atoms with E-state index in [0.717, 1.165) is 5.56 Å². The Kier molecular flexibility index (Phi) is 11.3. The first kappa shape index (κ1) is 28.9. The first-order chi connectivity index (χ1) is 16.5. The maximum atomic E-state index is 13.4. The molecule has 1 aromatic carbocycles. The van der Waals surface area contributed by atoms with Gasteiger partial charge >= 0.3 is 12.1 Å². The summed E-state index contributed by atoms with van der Waals surface area (Å²) in [6, 6.07) is 4.59. The van der Waals surface area contributed by atoms with Gasteiger partial charge in [-0.15, -0.1) is 0 Å². The Morgan fingerprint density at radius 1 is 1.23 bits per heavy atom. The Morgan fingerprint density at radius 2 is 1.91 bits per heavy atom. The second kappa shape index (κ2) is 13.7. The van der Waals surface area contributed by atoms with E-state index >= 15 is 0 Å². The predicted octanol–water partition coefficient (Wildman–Crippen LogP) is 4.48. The normalized spacial score (nSPS) is 18.5. The van der Waals surface area contributed by atoms with E-state index in [1.54, 1.807) is 43.9 Å². The number of alkyl carbamates (subject to hydrolysis) is 1. The monoisotopic (exact) mass is 527 g/mol. The molecule has 2 atom stereocenters. The van der Waals surface area contributed by atoms with E-state index in [4.69, 9.17) is 32.7 Å². The molecule has 0 aromatic heterocycles. The molecule has 2 N–H and O–H groups in total. The molecule has 0 unspecified atom stereocenters. The number of rotatable bonds is 10. The van der Waals surface area contributed by atoms with Crippen LogP contribution in [0, 0.1) is 0 Å². The third kappa shape index (κ3) is 10.9. The molecular formula is C25H35Cl2N3O5. The zero-order valence-electron chi connectivity index (χ0n) is 20.6. The second-order valence-electron chi connectivity index (χ2n) is 9.47. The molecule has 1 saturated heterocycles. The Balaban J connectivity index is 2.07. The maximum absolute atomic E-state index is 13.4. The van der Waals surface area contributed by atoms with Crippen LogP contribution < -0.4 is 10.6 Å². The lowest BCUT2D eigenvalue weighted by Crippen LogP contribution is -2.47. The van der Waals surface area contributed by atoms with E-state index in [2.05, 4.69) is 17.2 Å². The van der Waals surface area contributed by atoms with Gasteiger partial charge in [-0.05, 0) is 63.8 Å². The molecule has 0 aliphatic carbocycles. The fourth-order valence-corrected chi connectivity index (χ4v) is 4.32. The lowest BCUT2D eigenvalue weighted by Gasteiger charge is -2.25. The summed E-state index contributed by atoms with van der Waals surface area (Å²) < 4.78 is 10.3. The topological polar surface area (TPSA) is 97.0 Å². The van der Waals surface area contributed by atoms with Crippen molar-refractivity contribution >= 4 is 41.2 Å². The van der Waals surface area contributed by atoms with Crippen LogP contribution in [-0.4, -0.2) is 60.3 Å². The lowest BCUT2D eigenvalue weighted by molar-refractivity contribution is -0.142. The minimum Gasteiger partial charge on any atom is -0.461 e. The maximum Gasteiger partial charge on any atom is 0.407 e. The second-order valence-corrected chi connectivity index (χ2v) is 10.3. The molecule has 0 radical (unpaired) electrons. The van der Waals surface area contributed by atoms with Gasteiger partial charge in [0.15, 0.2) is 0 Å². The molecule has 1 heterocycles.